The van der Waals surface area contributed by atoms with Gasteiger partial charge in [0.25, 0.3) is 0 Å². The molecule has 4 rings (SSSR count). The van der Waals surface area contributed by atoms with Gasteiger partial charge in [0.1, 0.15) is 17.2 Å². The number of benzene rings is 2. The Morgan fingerprint density at radius 2 is 2.08 bits per heavy atom. The first-order valence-corrected chi connectivity index (χ1v) is 9.09. The Morgan fingerprint density at radius 3 is 2.88 bits per heavy atom. The van der Waals surface area contributed by atoms with Crippen LogP contribution in [0.15, 0.2) is 48.5 Å². The van der Waals surface area contributed by atoms with Crippen LogP contribution in [0.25, 0.3) is 0 Å². The molecule has 2 unspecified atom stereocenters. The van der Waals surface area contributed by atoms with E-state index in [1.54, 1.807) is 0 Å². The lowest BCUT2D eigenvalue weighted by Gasteiger charge is -2.47. The van der Waals surface area contributed by atoms with E-state index in [-0.39, 0.29) is 17.5 Å². The lowest BCUT2D eigenvalue weighted by atomic mass is 9.81. The fourth-order valence-corrected chi connectivity index (χ4v) is 4.32. The Labute approximate surface area is 148 Å². The molecule has 25 heavy (non-hydrogen) atoms. The third-order valence-corrected chi connectivity index (χ3v) is 5.47. The van der Waals surface area contributed by atoms with Crippen LogP contribution in [-0.2, 0) is 6.54 Å². The van der Waals surface area contributed by atoms with Gasteiger partial charge in [-0.3, -0.25) is 4.90 Å². The standard InChI is InChI=1S/C21H25FN2O/c1-23-19-13-21(25-20-12-17(22)8-9-18(19)20)10-5-11-24(15-21)14-16-6-3-2-4-7-16/h2-4,6-9,12,19,23H,5,10-11,13-15H2,1H3. The highest BCUT2D eigenvalue weighted by molar-refractivity contribution is 5.39. The number of nitrogens with zero attached hydrogens (tertiary/aromatic N) is 1. The van der Waals surface area contributed by atoms with Gasteiger partial charge >= 0.3 is 0 Å². The van der Waals surface area contributed by atoms with E-state index in [1.165, 1.54) is 17.7 Å². The number of ether oxygens (including phenoxy) is 1. The van der Waals surface area contributed by atoms with Crippen molar-refractivity contribution in [2.24, 2.45) is 0 Å². The molecule has 0 aliphatic carbocycles. The molecule has 2 aromatic carbocycles. The van der Waals surface area contributed by atoms with Crippen LogP contribution in [0.3, 0.4) is 0 Å². The third kappa shape index (κ3) is 3.42. The maximum absolute atomic E-state index is 13.7. The van der Waals surface area contributed by atoms with Gasteiger partial charge in [-0.15, -0.1) is 0 Å². The van der Waals surface area contributed by atoms with E-state index in [0.29, 0.717) is 5.75 Å². The zero-order chi connectivity index (χ0) is 17.3. The molecule has 1 spiro atoms. The minimum absolute atomic E-state index is 0.209. The van der Waals surface area contributed by atoms with E-state index in [4.69, 9.17) is 4.74 Å². The highest BCUT2D eigenvalue weighted by atomic mass is 19.1. The van der Waals surface area contributed by atoms with E-state index < -0.39 is 0 Å². The van der Waals surface area contributed by atoms with E-state index in [0.717, 1.165) is 44.5 Å². The van der Waals surface area contributed by atoms with Crippen molar-refractivity contribution in [3.63, 3.8) is 0 Å². The summed E-state index contributed by atoms with van der Waals surface area (Å²) in [5.74, 6) is 0.467. The quantitative estimate of drug-likeness (QED) is 0.917. The topological polar surface area (TPSA) is 24.5 Å². The van der Waals surface area contributed by atoms with E-state index in [9.17, 15) is 4.39 Å². The molecule has 1 fully saturated rings. The molecule has 0 aromatic heterocycles. The average molecular weight is 340 g/mol. The second kappa shape index (κ2) is 6.77. The van der Waals surface area contributed by atoms with Crippen molar-refractivity contribution in [3.05, 3.63) is 65.5 Å². The van der Waals surface area contributed by atoms with Crippen LogP contribution in [-0.4, -0.2) is 30.6 Å². The molecule has 2 aliphatic heterocycles. The Bertz CT molecular complexity index is 736. The Kier molecular flexibility index (Phi) is 4.48. The fourth-order valence-electron chi connectivity index (χ4n) is 4.32. The monoisotopic (exact) mass is 340 g/mol. The summed E-state index contributed by atoms with van der Waals surface area (Å²) >= 11 is 0. The summed E-state index contributed by atoms with van der Waals surface area (Å²) in [6.07, 6.45) is 3.05. The van der Waals surface area contributed by atoms with Gasteiger partial charge in [0.2, 0.25) is 0 Å². The molecular formula is C21H25FN2O. The van der Waals surface area contributed by atoms with Crippen molar-refractivity contribution in [2.75, 3.05) is 20.1 Å². The van der Waals surface area contributed by atoms with Crippen LogP contribution in [0.1, 0.15) is 36.4 Å². The van der Waals surface area contributed by atoms with Crippen LogP contribution >= 0.6 is 0 Å². The smallest absolute Gasteiger partial charge is 0.127 e. The second-order valence-electron chi connectivity index (χ2n) is 7.31. The number of nitrogens with one attached hydrogen (secondary N) is 1. The van der Waals surface area contributed by atoms with Crippen LogP contribution in [0, 0.1) is 5.82 Å². The van der Waals surface area contributed by atoms with Gasteiger partial charge in [-0.25, -0.2) is 4.39 Å². The van der Waals surface area contributed by atoms with Crippen molar-refractivity contribution >= 4 is 0 Å². The molecule has 0 saturated carbocycles. The molecule has 1 saturated heterocycles. The Balaban J connectivity index is 1.56. The fraction of sp³-hybridized carbons (Fsp3) is 0.429. The van der Waals surface area contributed by atoms with Gasteiger partial charge in [-0.1, -0.05) is 36.4 Å². The summed E-state index contributed by atoms with van der Waals surface area (Å²) in [5, 5.41) is 3.39. The third-order valence-electron chi connectivity index (χ3n) is 5.47. The molecule has 4 heteroatoms. The van der Waals surface area contributed by atoms with Gasteiger partial charge in [0.15, 0.2) is 0 Å². The Hall–Kier alpha value is -1.91. The minimum Gasteiger partial charge on any atom is -0.485 e. The van der Waals surface area contributed by atoms with Crippen molar-refractivity contribution in [1.29, 1.82) is 0 Å². The first-order valence-electron chi connectivity index (χ1n) is 9.09. The van der Waals surface area contributed by atoms with Gasteiger partial charge in [-0.2, -0.15) is 0 Å². The number of likely N-dealkylation sites (tertiary alicyclic amines) is 1. The highest BCUT2D eigenvalue weighted by Crippen LogP contribution is 2.43. The molecule has 2 atom stereocenters. The van der Waals surface area contributed by atoms with E-state index in [2.05, 4.69) is 40.5 Å². The summed E-state index contributed by atoms with van der Waals surface area (Å²) < 4.78 is 20.2. The summed E-state index contributed by atoms with van der Waals surface area (Å²) in [6.45, 7) is 2.91. The summed E-state index contributed by atoms with van der Waals surface area (Å²) in [7, 11) is 1.97. The molecule has 0 radical (unpaired) electrons. The molecule has 2 heterocycles. The maximum atomic E-state index is 13.7. The molecule has 2 aliphatic rings. The van der Waals surface area contributed by atoms with Crippen LogP contribution in [0.4, 0.5) is 4.39 Å². The van der Waals surface area contributed by atoms with Gasteiger partial charge in [0, 0.05) is 37.2 Å². The number of rotatable bonds is 3. The Morgan fingerprint density at radius 1 is 1.24 bits per heavy atom. The average Bonchev–Trinajstić information content (AvgIpc) is 2.61. The maximum Gasteiger partial charge on any atom is 0.127 e. The van der Waals surface area contributed by atoms with E-state index in [1.807, 2.05) is 13.1 Å². The lowest BCUT2D eigenvalue weighted by molar-refractivity contribution is -0.0361. The highest BCUT2D eigenvalue weighted by Gasteiger charge is 2.43. The number of halogens is 1. The first kappa shape index (κ1) is 16.6. The SMILES string of the molecule is CNC1CC2(CCCN(Cc3ccccc3)C2)Oc2cc(F)ccc21. The zero-order valence-corrected chi connectivity index (χ0v) is 14.7. The van der Waals surface area contributed by atoms with Crippen LogP contribution < -0.4 is 10.1 Å². The molecule has 2 aromatic rings. The van der Waals surface area contributed by atoms with Gasteiger partial charge in [-0.05, 0) is 38.1 Å². The van der Waals surface area contributed by atoms with Crippen LogP contribution in [0.2, 0.25) is 0 Å². The summed E-state index contributed by atoms with van der Waals surface area (Å²) in [4.78, 5) is 2.47. The summed E-state index contributed by atoms with van der Waals surface area (Å²) in [5.41, 5.74) is 2.16. The first-order chi connectivity index (χ1) is 12.2. The molecule has 0 amide bonds. The minimum atomic E-state index is -0.235. The van der Waals surface area contributed by atoms with Gasteiger partial charge < -0.3 is 10.1 Å². The number of hydrogen-bond acceptors (Lipinski definition) is 3. The van der Waals surface area contributed by atoms with Crippen molar-refractivity contribution in [2.45, 2.75) is 37.5 Å². The zero-order valence-electron chi connectivity index (χ0n) is 14.7. The lowest BCUT2D eigenvalue weighted by Crippen LogP contribution is -2.54. The normalized spacial score (nSPS) is 26.2. The molecule has 3 nitrogen and oxygen atoms in total. The second-order valence-corrected chi connectivity index (χ2v) is 7.31. The largest absolute Gasteiger partial charge is 0.485 e. The summed E-state index contributed by atoms with van der Waals surface area (Å²) in [6, 6.07) is 15.7. The molecule has 1 N–H and O–H groups in total. The number of piperidine rings is 1. The predicted molar refractivity (Wildman–Crippen MR) is 97.1 cm³/mol. The van der Waals surface area contributed by atoms with E-state index >= 15 is 0 Å². The molecule has 132 valence electrons. The molecule has 0 bridgehead atoms. The number of fused-ring (bicyclic) bond motifs is 1. The number of hydrogen-bond donors (Lipinski definition) is 1. The van der Waals surface area contributed by atoms with Crippen molar-refractivity contribution in [1.82, 2.24) is 10.2 Å². The van der Waals surface area contributed by atoms with Crippen molar-refractivity contribution < 1.29 is 9.13 Å². The van der Waals surface area contributed by atoms with Crippen molar-refractivity contribution in [3.8, 4) is 5.75 Å². The molecular weight excluding hydrogens is 315 g/mol. The van der Waals surface area contributed by atoms with Crippen LogP contribution in [0.5, 0.6) is 5.75 Å². The predicted octanol–water partition coefficient (Wildman–Crippen LogP) is 3.90. The van der Waals surface area contributed by atoms with Gasteiger partial charge in [0.05, 0.1) is 0 Å².